The smallest absolute Gasteiger partial charge is 0.297 e. The van der Waals surface area contributed by atoms with E-state index in [-0.39, 0.29) is 0 Å². The van der Waals surface area contributed by atoms with Crippen LogP contribution in [0.4, 0.5) is 0 Å². The van der Waals surface area contributed by atoms with Gasteiger partial charge >= 0.3 is 5.97 Å². The molecule has 0 aliphatic heterocycles. The Morgan fingerprint density at radius 2 is 2.00 bits per heavy atom. The molecule has 0 aromatic rings. The molecular weight excluding hydrogens is 170 g/mol. The maximum absolute atomic E-state index is 10.5. The lowest BCUT2D eigenvalue weighted by atomic mass is 9.86. The lowest BCUT2D eigenvalue weighted by Crippen LogP contribution is -2.33. The molecule has 1 fully saturated rings. The topological polar surface area (TPSA) is 59.3 Å². The molecule has 1 aliphatic rings. The number of hydrogen-bond donors (Lipinski definition) is 0. The fraction of sp³-hybridized carbons (Fsp3) is 0.778. The van der Waals surface area contributed by atoms with Gasteiger partial charge in [-0.2, -0.15) is 10.1 Å². The van der Waals surface area contributed by atoms with Gasteiger partial charge in [-0.25, -0.2) is 4.79 Å². The molecule has 0 heterocycles. The molecule has 0 atom stereocenters. The molecule has 13 heavy (non-hydrogen) atoms. The van der Waals surface area contributed by atoms with Crippen molar-refractivity contribution in [1.29, 1.82) is 5.26 Å². The van der Waals surface area contributed by atoms with Crippen LogP contribution in [-0.2, 0) is 14.6 Å². The van der Waals surface area contributed by atoms with E-state index in [1.807, 2.05) is 0 Å². The van der Waals surface area contributed by atoms with Crippen molar-refractivity contribution in [3.63, 3.8) is 0 Å². The monoisotopic (exact) mass is 183 g/mol. The van der Waals surface area contributed by atoms with Crippen LogP contribution in [0.3, 0.4) is 0 Å². The number of nitrogens with zero attached hydrogens (tertiary/aromatic N) is 1. The van der Waals surface area contributed by atoms with E-state index in [0.717, 1.165) is 19.3 Å². The van der Waals surface area contributed by atoms with E-state index >= 15 is 0 Å². The van der Waals surface area contributed by atoms with Crippen LogP contribution in [0.2, 0.25) is 0 Å². The normalized spacial score (nSPS) is 20.3. The summed E-state index contributed by atoms with van der Waals surface area (Å²) in [7, 11) is 0. The summed E-state index contributed by atoms with van der Waals surface area (Å²) in [6.07, 6.45) is 4.32. The molecule has 4 nitrogen and oxygen atoms in total. The molecule has 4 heteroatoms. The molecule has 0 N–H and O–H groups in total. The van der Waals surface area contributed by atoms with Gasteiger partial charge in [0.15, 0.2) is 0 Å². The van der Waals surface area contributed by atoms with Crippen molar-refractivity contribution in [3.8, 4) is 6.07 Å². The number of carbonyl (C=O) groups is 1. The third-order valence-corrected chi connectivity index (χ3v) is 2.18. The molecule has 0 bridgehead atoms. The molecule has 0 spiro atoms. The Morgan fingerprint density at radius 3 is 2.46 bits per heavy atom. The highest BCUT2D eigenvalue weighted by molar-refractivity contribution is 5.65. The first kappa shape index (κ1) is 10.0. The second-order valence-corrected chi connectivity index (χ2v) is 3.33. The summed E-state index contributed by atoms with van der Waals surface area (Å²) < 4.78 is 0. The summed E-state index contributed by atoms with van der Waals surface area (Å²) in [6, 6.07) is 2.07. The minimum atomic E-state index is -0.885. The van der Waals surface area contributed by atoms with Crippen LogP contribution in [0.15, 0.2) is 0 Å². The third-order valence-electron chi connectivity index (χ3n) is 2.18. The molecule has 0 unspecified atom stereocenters. The largest absolute Gasteiger partial charge is 0.339 e. The Morgan fingerprint density at radius 1 is 1.38 bits per heavy atom. The van der Waals surface area contributed by atoms with Gasteiger partial charge in [0.2, 0.25) is 5.60 Å². The van der Waals surface area contributed by atoms with Crippen LogP contribution in [0.1, 0.15) is 39.0 Å². The van der Waals surface area contributed by atoms with E-state index in [4.69, 9.17) is 10.1 Å². The molecule has 1 rings (SSSR count). The van der Waals surface area contributed by atoms with E-state index in [0.29, 0.717) is 12.8 Å². The molecule has 72 valence electrons. The molecule has 0 aromatic heterocycles. The summed E-state index contributed by atoms with van der Waals surface area (Å²) in [6.45, 7) is 1.26. The number of hydrogen-bond acceptors (Lipinski definition) is 4. The third kappa shape index (κ3) is 2.71. The second-order valence-electron chi connectivity index (χ2n) is 3.33. The lowest BCUT2D eigenvalue weighted by Gasteiger charge is -2.27. The van der Waals surface area contributed by atoms with Gasteiger partial charge in [0, 0.05) is 6.92 Å². The average molecular weight is 183 g/mol. The van der Waals surface area contributed by atoms with E-state index in [1.54, 1.807) is 0 Å². The van der Waals surface area contributed by atoms with Crippen molar-refractivity contribution in [2.45, 2.75) is 44.6 Å². The van der Waals surface area contributed by atoms with Crippen molar-refractivity contribution in [3.05, 3.63) is 0 Å². The van der Waals surface area contributed by atoms with Crippen molar-refractivity contribution in [1.82, 2.24) is 0 Å². The van der Waals surface area contributed by atoms with Gasteiger partial charge in [0.1, 0.15) is 6.07 Å². The maximum Gasteiger partial charge on any atom is 0.339 e. The highest BCUT2D eigenvalue weighted by atomic mass is 17.2. The predicted octanol–water partition coefficient (Wildman–Crippen LogP) is 1.71. The highest BCUT2D eigenvalue weighted by Crippen LogP contribution is 2.31. The van der Waals surface area contributed by atoms with Gasteiger partial charge in [-0.3, -0.25) is 4.89 Å². The lowest BCUT2D eigenvalue weighted by molar-refractivity contribution is -0.322. The maximum atomic E-state index is 10.5. The van der Waals surface area contributed by atoms with Crippen LogP contribution < -0.4 is 0 Å². The Labute approximate surface area is 77.4 Å². The van der Waals surface area contributed by atoms with E-state index in [2.05, 4.69) is 11.0 Å². The number of carbonyl (C=O) groups excluding carboxylic acids is 1. The molecule has 0 amide bonds. The second kappa shape index (κ2) is 4.24. The van der Waals surface area contributed by atoms with Crippen LogP contribution in [0.25, 0.3) is 0 Å². The molecular formula is C9H13NO3. The predicted molar refractivity (Wildman–Crippen MR) is 44.3 cm³/mol. The van der Waals surface area contributed by atoms with Crippen LogP contribution in [0, 0.1) is 11.3 Å². The quantitative estimate of drug-likeness (QED) is 0.483. The van der Waals surface area contributed by atoms with Crippen molar-refractivity contribution in [2.24, 2.45) is 0 Å². The fourth-order valence-corrected chi connectivity index (χ4v) is 1.48. The van der Waals surface area contributed by atoms with Crippen molar-refractivity contribution in [2.75, 3.05) is 0 Å². The van der Waals surface area contributed by atoms with E-state index in [1.165, 1.54) is 6.92 Å². The Bertz CT molecular complexity index is 226. The first-order valence-electron chi connectivity index (χ1n) is 4.46. The average Bonchev–Trinajstić information content (AvgIpc) is 2.16. The molecule has 0 aromatic carbocycles. The first-order valence-corrected chi connectivity index (χ1v) is 4.46. The SMILES string of the molecule is CC(=O)OOC1(C#N)CCCCC1. The van der Waals surface area contributed by atoms with Gasteiger partial charge in [-0.1, -0.05) is 6.42 Å². The zero-order chi connectivity index (χ0) is 9.73. The summed E-state index contributed by atoms with van der Waals surface area (Å²) in [4.78, 5) is 19.8. The summed E-state index contributed by atoms with van der Waals surface area (Å²) in [5, 5.41) is 8.89. The summed E-state index contributed by atoms with van der Waals surface area (Å²) in [5.74, 6) is -0.514. The van der Waals surface area contributed by atoms with Crippen LogP contribution in [-0.4, -0.2) is 11.6 Å². The summed E-state index contributed by atoms with van der Waals surface area (Å²) in [5.41, 5.74) is -0.885. The molecule has 0 radical (unpaired) electrons. The van der Waals surface area contributed by atoms with E-state index < -0.39 is 11.6 Å². The summed E-state index contributed by atoms with van der Waals surface area (Å²) >= 11 is 0. The Kier molecular flexibility index (Phi) is 3.26. The highest BCUT2D eigenvalue weighted by Gasteiger charge is 2.35. The van der Waals surface area contributed by atoms with Crippen molar-refractivity contribution < 1.29 is 14.6 Å². The Hall–Kier alpha value is -1.08. The minimum Gasteiger partial charge on any atom is -0.297 e. The van der Waals surface area contributed by atoms with Gasteiger partial charge < -0.3 is 0 Å². The zero-order valence-electron chi connectivity index (χ0n) is 7.71. The van der Waals surface area contributed by atoms with E-state index in [9.17, 15) is 4.79 Å². The number of nitriles is 1. The van der Waals surface area contributed by atoms with Gasteiger partial charge in [0.05, 0.1) is 0 Å². The molecule has 1 saturated carbocycles. The number of rotatable bonds is 2. The Balaban J connectivity index is 2.49. The minimum absolute atomic E-state index is 0.514. The van der Waals surface area contributed by atoms with Gasteiger partial charge in [0.25, 0.3) is 0 Å². The van der Waals surface area contributed by atoms with Gasteiger partial charge in [-0.05, 0) is 25.7 Å². The van der Waals surface area contributed by atoms with Gasteiger partial charge in [-0.15, -0.1) is 0 Å². The first-order chi connectivity index (χ1) is 6.18. The zero-order valence-corrected chi connectivity index (χ0v) is 7.71. The van der Waals surface area contributed by atoms with Crippen LogP contribution >= 0.6 is 0 Å². The van der Waals surface area contributed by atoms with Crippen molar-refractivity contribution >= 4 is 5.97 Å². The fourth-order valence-electron chi connectivity index (χ4n) is 1.48. The standard InChI is InChI=1S/C9H13NO3/c1-8(11)12-13-9(7-10)5-3-2-4-6-9/h2-6H2,1H3. The molecule has 0 saturated heterocycles. The molecule has 1 aliphatic carbocycles. The van der Waals surface area contributed by atoms with Crippen LogP contribution in [0.5, 0.6) is 0 Å².